The van der Waals surface area contributed by atoms with Crippen molar-refractivity contribution in [3.05, 3.63) is 64.6 Å². The van der Waals surface area contributed by atoms with Gasteiger partial charge in [0, 0.05) is 24.2 Å². The summed E-state index contributed by atoms with van der Waals surface area (Å²) in [7, 11) is -3.54. The second-order valence-corrected chi connectivity index (χ2v) is 9.14. The maximum Gasteiger partial charge on any atom is 0.359 e. The van der Waals surface area contributed by atoms with Crippen molar-refractivity contribution in [3.8, 4) is 0 Å². The van der Waals surface area contributed by atoms with E-state index in [1.165, 1.54) is 28.6 Å². The SMILES string of the molecule is O=C(COC(=O)c1n[nH]c(=O)c2ccccc12)Nc1ccc(S(=O)(=O)N2CCCC2)cc1. The van der Waals surface area contributed by atoms with E-state index in [-0.39, 0.29) is 16.0 Å². The summed E-state index contributed by atoms with van der Waals surface area (Å²) < 4.78 is 31.6. The number of hydrogen-bond acceptors (Lipinski definition) is 7. The summed E-state index contributed by atoms with van der Waals surface area (Å²) in [5, 5.41) is 9.10. The second kappa shape index (κ2) is 8.89. The van der Waals surface area contributed by atoms with Crippen LogP contribution in [-0.4, -0.2) is 54.5 Å². The Labute approximate surface area is 183 Å². The summed E-state index contributed by atoms with van der Waals surface area (Å²) >= 11 is 0. The fourth-order valence-electron chi connectivity index (χ4n) is 3.45. The minimum atomic E-state index is -3.54. The van der Waals surface area contributed by atoms with Crippen molar-refractivity contribution in [1.29, 1.82) is 0 Å². The van der Waals surface area contributed by atoms with E-state index in [0.29, 0.717) is 24.2 Å². The highest BCUT2D eigenvalue weighted by atomic mass is 32.2. The topological polar surface area (TPSA) is 139 Å². The smallest absolute Gasteiger partial charge is 0.359 e. The first-order valence-corrected chi connectivity index (χ1v) is 11.3. The molecule has 1 saturated heterocycles. The molecule has 2 N–H and O–H groups in total. The molecule has 1 aliphatic heterocycles. The molecule has 0 spiro atoms. The number of nitrogens with one attached hydrogen (secondary N) is 2. The maximum atomic E-state index is 12.5. The van der Waals surface area contributed by atoms with Gasteiger partial charge in [0.1, 0.15) is 0 Å². The zero-order valence-corrected chi connectivity index (χ0v) is 17.7. The first-order chi connectivity index (χ1) is 15.4. The van der Waals surface area contributed by atoms with Crippen molar-refractivity contribution < 1.29 is 22.7 Å². The van der Waals surface area contributed by atoms with Crippen molar-refractivity contribution >= 4 is 38.4 Å². The number of fused-ring (bicyclic) bond motifs is 1. The number of benzene rings is 2. The van der Waals surface area contributed by atoms with Crippen LogP contribution >= 0.6 is 0 Å². The first kappa shape index (κ1) is 21.7. The lowest BCUT2D eigenvalue weighted by Gasteiger charge is -2.15. The molecule has 11 heteroatoms. The van der Waals surface area contributed by atoms with Gasteiger partial charge in [-0.25, -0.2) is 18.3 Å². The predicted octanol–water partition coefficient (Wildman–Crippen LogP) is 1.50. The van der Waals surface area contributed by atoms with Crippen molar-refractivity contribution in [3.63, 3.8) is 0 Å². The summed E-state index contributed by atoms with van der Waals surface area (Å²) in [4.78, 5) is 36.5. The molecule has 166 valence electrons. The van der Waals surface area contributed by atoms with Gasteiger partial charge in [-0.3, -0.25) is 9.59 Å². The van der Waals surface area contributed by atoms with Gasteiger partial charge in [-0.15, -0.1) is 0 Å². The number of nitrogens with zero attached hydrogens (tertiary/aromatic N) is 2. The lowest BCUT2D eigenvalue weighted by atomic mass is 10.1. The van der Waals surface area contributed by atoms with Crippen LogP contribution in [0.5, 0.6) is 0 Å². The fraction of sp³-hybridized carbons (Fsp3) is 0.238. The van der Waals surface area contributed by atoms with Crippen LogP contribution in [-0.2, 0) is 19.6 Å². The minimum absolute atomic E-state index is 0.107. The van der Waals surface area contributed by atoms with Gasteiger partial charge in [-0.05, 0) is 43.2 Å². The molecule has 3 aromatic rings. The van der Waals surface area contributed by atoms with Crippen LogP contribution in [0.4, 0.5) is 5.69 Å². The summed E-state index contributed by atoms with van der Waals surface area (Å²) in [5.41, 5.74) is -0.186. The zero-order chi connectivity index (χ0) is 22.7. The molecular formula is C21H20N4O6S. The molecule has 2 aromatic carbocycles. The molecule has 1 aliphatic rings. The van der Waals surface area contributed by atoms with Crippen LogP contribution in [0.25, 0.3) is 10.8 Å². The van der Waals surface area contributed by atoms with Crippen molar-refractivity contribution in [2.24, 2.45) is 0 Å². The Bertz CT molecular complexity index is 1330. The second-order valence-electron chi connectivity index (χ2n) is 7.21. The van der Waals surface area contributed by atoms with E-state index in [4.69, 9.17) is 4.74 Å². The summed E-state index contributed by atoms with van der Waals surface area (Å²) in [5.74, 6) is -1.47. The molecule has 1 aromatic heterocycles. The van der Waals surface area contributed by atoms with E-state index >= 15 is 0 Å². The molecule has 1 fully saturated rings. The first-order valence-electron chi connectivity index (χ1n) is 9.91. The van der Waals surface area contributed by atoms with Gasteiger partial charge in [0.2, 0.25) is 10.0 Å². The van der Waals surface area contributed by atoms with Crippen LogP contribution < -0.4 is 10.9 Å². The lowest BCUT2D eigenvalue weighted by Crippen LogP contribution is -2.27. The molecule has 0 aliphatic carbocycles. The number of amides is 1. The molecule has 0 saturated carbocycles. The largest absolute Gasteiger partial charge is 0.451 e. The molecule has 4 rings (SSSR count). The summed E-state index contributed by atoms with van der Waals surface area (Å²) in [6, 6.07) is 12.2. The number of carbonyl (C=O) groups excluding carboxylic acids is 2. The number of anilines is 1. The van der Waals surface area contributed by atoms with E-state index < -0.39 is 34.1 Å². The van der Waals surface area contributed by atoms with Gasteiger partial charge >= 0.3 is 5.97 Å². The monoisotopic (exact) mass is 456 g/mol. The molecular weight excluding hydrogens is 436 g/mol. The van der Waals surface area contributed by atoms with Crippen molar-refractivity contribution in [2.45, 2.75) is 17.7 Å². The zero-order valence-electron chi connectivity index (χ0n) is 16.9. The van der Waals surface area contributed by atoms with Crippen LogP contribution in [0.1, 0.15) is 23.3 Å². The Morgan fingerprint density at radius 1 is 1.03 bits per heavy atom. The standard InChI is InChI=1S/C21H20N4O6S/c26-18(13-31-21(28)19-16-5-1-2-6-17(16)20(27)24-23-19)22-14-7-9-15(10-8-14)32(29,30)25-11-3-4-12-25/h1-2,5-10H,3-4,11-13H2,(H,22,26)(H,24,27). The van der Waals surface area contributed by atoms with E-state index in [1.54, 1.807) is 24.3 Å². The Balaban J connectivity index is 1.38. The van der Waals surface area contributed by atoms with Crippen LogP contribution in [0.3, 0.4) is 0 Å². The number of aromatic amines is 1. The van der Waals surface area contributed by atoms with Crippen molar-refractivity contribution in [1.82, 2.24) is 14.5 Å². The number of aromatic nitrogens is 2. The molecule has 2 heterocycles. The average Bonchev–Trinajstić information content (AvgIpc) is 3.34. The Kier molecular flexibility index (Phi) is 6.01. The van der Waals surface area contributed by atoms with E-state index in [1.807, 2.05) is 0 Å². The third-order valence-electron chi connectivity index (χ3n) is 5.06. The molecule has 0 unspecified atom stereocenters. The number of esters is 1. The Hall–Kier alpha value is -3.57. The number of H-pyrrole nitrogens is 1. The average molecular weight is 456 g/mol. The van der Waals surface area contributed by atoms with Gasteiger partial charge in [0.05, 0.1) is 10.3 Å². The van der Waals surface area contributed by atoms with E-state index in [2.05, 4.69) is 15.5 Å². The minimum Gasteiger partial charge on any atom is -0.451 e. The molecule has 32 heavy (non-hydrogen) atoms. The molecule has 0 atom stereocenters. The number of carbonyl (C=O) groups is 2. The van der Waals surface area contributed by atoms with Crippen LogP contribution in [0.15, 0.2) is 58.2 Å². The fourth-order valence-corrected chi connectivity index (χ4v) is 4.97. The molecule has 0 bridgehead atoms. The van der Waals surface area contributed by atoms with Crippen molar-refractivity contribution in [2.75, 3.05) is 25.0 Å². The number of hydrogen-bond donors (Lipinski definition) is 2. The van der Waals surface area contributed by atoms with Gasteiger partial charge in [-0.1, -0.05) is 18.2 Å². The highest BCUT2D eigenvalue weighted by Crippen LogP contribution is 2.22. The van der Waals surface area contributed by atoms with Gasteiger partial charge in [0.25, 0.3) is 11.5 Å². The van der Waals surface area contributed by atoms with Crippen LogP contribution in [0.2, 0.25) is 0 Å². The quantitative estimate of drug-likeness (QED) is 0.536. The number of rotatable bonds is 6. The number of ether oxygens (including phenoxy) is 1. The van der Waals surface area contributed by atoms with E-state index in [9.17, 15) is 22.8 Å². The van der Waals surface area contributed by atoms with Gasteiger partial charge < -0.3 is 10.1 Å². The van der Waals surface area contributed by atoms with Gasteiger partial charge in [0.15, 0.2) is 12.3 Å². The predicted molar refractivity (Wildman–Crippen MR) is 116 cm³/mol. The highest BCUT2D eigenvalue weighted by Gasteiger charge is 2.27. The highest BCUT2D eigenvalue weighted by molar-refractivity contribution is 7.89. The third-order valence-corrected chi connectivity index (χ3v) is 6.98. The molecule has 0 radical (unpaired) electrons. The Morgan fingerprint density at radius 2 is 1.69 bits per heavy atom. The Morgan fingerprint density at radius 3 is 2.38 bits per heavy atom. The lowest BCUT2D eigenvalue weighted by molar-refractivity contribution is -0.119. The van der Waals surface area contributed by atoms with Crippen LogP contribution in [0, 0.1) is 0 Å². The maximum absolute atomic E-state index is 12.5. The number of sulfonamides is 1. The summed E-state index contributed by atoms with van der Waals surface area (Å²) in [6.07, 6.45) is 1.69. The van der Waals surface area contributed by atoms with E-state index in [0.717, 1.165) is 12.8 Å². The summed E-state index contributed by atoms with van der Waals surface area (Å²) in [6.45, 7) is 0.430. The molecule has 1 amide bonds. The normalized spacial score (nSPS) is 14.4. The molecule has 10 nitrogen and oxygen atoms in total. The van der Waals surface area contributed by atoms with Gasteiger partial charge in [-0.2, -0.15) is 9.40 Å². The third kappa shape index (κ3) is 4.39.